The van der Waals surface area contributed by atoms with E-state index in [4.69, 9.17) is 0 Å². The van der Waals surface area contributed by atoms with E-state index in [0.717, 1.165) is 12.8 Å². The molecule has 1 rings (SSSR count). The SMILES string of the molecule is CCC(CC)(CO)CNC(=O)c1c(F)cccc1Br. The van der Waals surface area contributed by atoms with Crippen molar-refractivity contribution in [3.05, 3.63) is 34.1 Å². The molecule has 0 atom stereocenters. The smallest absolute Gasteiger partial charge is 0.255 e. The Bertz CT molecular complexity index is 419. The van der Waals surface area contributed by atoms with E-state index < -0.39 is 11.7 Å². The molecular formula is C14H19BrFNO2. The van der Waals surface area contributed by atoms with Crippen LogP contribution in [0.1, 0.15) is 37.0 Å². The lowest BCUT2D eigenvalue weighted by molar-refractivity contribution is 0.0847. The van der Waals surface area contributed by atoms with Gasteiger partial charge in [-0.2, -0.15) is 0 Å². The molecule has 2 N–H and O–H groups in total. The van der Waals surface area contributed by atoms with Gasteiger partial charge >= 0.3 is 0 Å². The second kappa shape index (κ2) is 7.01. The molecule has 106 valence electrons. The quantitative estimate of drug-likeness (QED) is 0.841. The van der Waals surface area contributed by atoms with Crippen molar-refractivity contribution in [1.82, 2.24) is 5.32 Å². The van der Waals surface area contributed by atoms with Crippen LogP contribution in [0.15, 0.2) is 22.7 Å². The molecule has 0 fully saturated rings. The minimum absolute atomic E-state index is 0.00127. The van der Waals surface area contributed by atoms with E-state index in [1.807, 2.05) is 13.8 Å². The third kappa shape index (κ3) is 3.76. The summed E-state index contributed by atoms with van der Waals surface area (Å²) in [4.78, 5) is 12.0. The fourth-order valence-electron chi connectivity index (χ4n) is 1.85. The lowest BCUT2D eigenvalue weighted by Crippen LogP contribution is -2.39. The maximum Gasteiger partial charge on any atom is 0.255 e. The van der Waals surface area contributed by atoms with Crippen LogP contribution >= 0.6 is 15.9 Å². The molecule has 1 aromatic carbocycles. The molecule has 0 aliphatic rings. The van der Waals surface area contributed by atoms with E-state index in [9.17, 15) is 14.3 Å². The number of carbonyl (C=O) groups excluding carboxylic acids is 1. The summed E-state index contributed by atoms with van der Waals surface area (Å²) in [6, 6.07) is 4.40. The normalized spacial score (nSPS) is 11.4. The van der Waals surface area contributed by atoms with Gasteiger partial charge in [0.05, 0.1) is 12.2 Å². The average Bonchev–Trinajstić information content (AvgIpc) is 2.41. The zero-order valence-corrected chi connectivity index (χ0v) is 12.8. The maximum absolute atomic E-state index is 13.6. The van der Waals surface area contributed by atoms with Crippen molar-refractivity contribution in [2.75, 3.05) is 13.2 Å². The van der Waals surface area contributed by atoms with Crippen LogP contribution in [-0.2, 0) is 0 Å². The minimum atomic E-state index is -0.561. The largest absolute Gasteiger partial charge is 0.396 e. The molecule has 0 heterocycles. The third-order valence-corrected chi connectivity index (χ3v) is 4.31. The number of hydrogen-bond donors (Lipinski definition) is 2. The Morgan fingerprint density at radius 1 is 1.42 bits per heavy atom. The van der Waals surface area contributed by atoms with Gasteiger partial charge in [0.1, 0.15) is 5.82 Å². The van der Waals surface area contributed by atoms with Gasteiger partial charge in [0, 0.05) is 16.4 Å². The van der Waals surface area contributed by atoms with Crippen molar-refractivity contribution in [3.63, 3.8) is 0 Å². The summed E-state index contributed by atoms with van der Waals surface area (Å²) in [7, 11) is 0. The topological polar surface area (TPSA) is 49.3 Å². The summed E-state index contributed by atoms with van der Waals surface area (Å²) < 4.78 is 14.0. The maximum atomic E-state index is 13.6. The average molecular weight is 332 g/mol. The van der Waals surface area contributed by atoms with Gasteiger partial charge < -0.3 is 10.4 Å². The van der Waals surface area contributed by atoms with Crippen LogP contribution in [0.4, 0.5) is 4.39 Å². The standard InChI is InChI=1S/C14H19BrFNO2/c1-3-14(4-2,9-18)8-17-13(19)12-10(15)6-5-7-11(12)16/h5-7,18H,3-4,8-9H2,1-2H3,(H,17,19). The molecule has 0 aromatic heterocycles. The van der Waals surface area contributed by atoms with Crippen LogP contribution in [0, 0.1) is 11.2 Å². The highest BCUT2D eigenvalue weighted by atomic mass is 79.9. The van der Waals surface area contributed by atoms with Crippen molar-refractivity contribution >= 4 is 21.8 Å². The highest BCUT2D eigenvalue weighted by Crippen LogP contribution is 2.25. The molecule has 19 heavy (non-hydrogen) atoms. The van der Waals surface area contributed by atoms with Crippen molar-refractivity contribution in [1.29, 1.82) is 0 Å². The van der Waals surface area contributed by atoms with E-state index in [1.54, 1.807) is 6.07 Å². The van der Waals surface area contributed by atoms with Crippen LogP contribution in [0.3, 0.4) is 0 Å². The first-order valence-electron chi connectivity index (χ1n) is 6.32. The Morgan fingerprint density at radius 2 is 2.05 bits per heavy atom. The summed E-state index contributed by atoms with van der Waals surface area (Å²) >= 11 is 3.17. The first-order chi connectivity index (χ1) is 8.99. The molecule has 0 saturated heterocycles. The second-order valence-electron chi connectivity index (χ2n) is 4.64. The van der Waals surface area contributed by atoms with Crippen molar-refractivity contribution in [3.8, 4) is 0 Å². The highest BCUT2D eigenvalue weighted by molar-refractivity contribution is 9.10. The molecule has 0 spiro atoms. The fraction of sp³-hybridized carbons (Fsp3) is 0.500. The van der Waals surface area contributed by atoms with E-state index in [1.165, 1.54) is 12.1 Å². The summed E-state index contributed by atoms with van der Waals surface area (Å²) in [6.45, 7) is 4.25. The molecule has 5 heteroatoms. The molecule has 3 nitrogen and oxygen atoms in total. The number of rotatable bonds is 6. The van der Waals surface area contributed by atoms with Gasteiger partial charge in [-0.3, -0.25) is 4.79 Å². The van der Waals surface area contributed by atoms with Crippen LogP contribution in [0.5, 0.6) is 0 Å². The summed E-state index contributed by atoms with van der Waals surface area (Å²) in [5, 5.41) is 12.1. The molecule has 0 radical (unpaired) electrons. The Balaban J connectivity index is 2.81. The Morgan fingerprint density at radius 3 is 2.53 bits per heavy atom. The lowest BCUT2D eigenvalue weighted by atomic mass is 9.83. The molecule has 1 aromatic rings. The number of nitrogens with one attached hydrogen (secondary N) is 1. The second-order valence-corrected chi connectivity index (χ2v) is 5.50. The first kappa shape index (κ1) is 16.1. The van der Waals surface area contributed by atoms with Crippen molar-refractivity contribution in [2.45, 2.75) is 26.7 Å². The number of aliphatic hydroxyl groups excluding tert-OH is 1. The Labute approximate surface area is 121 Å². The van der Waals surface area contributed by atoms with E-state index >= 15 is 0 Å². The third-order valence-electron chi connectivity index (χ3n) is 3.65. The molecule has 0 aliphatic carbocycles. The first-order valence-corrected chi connectivity index (χ1v) is 7.12. The number of carbonyl (C=O) groups is 1. The van der Waals surface area contributed by atoms with Crippen molar-refractivity contribution < 1.29 is 14.3 Å². The zero-order chi connectivity index (χ0) is 14.5. The summed E-state index contributed by atoms with van der Waals surface area (Å²) in [6.07, 6.45) is 1.50. The predicted molar refractivity (Wildman–Crippen MR) is 76.5 cm³/mol. The monoisotopic (exact) mass is 331 g/mol. The summed E-state index contributed by atoms with van der Waals surface area (Å²) in [5.41, 5.74) is -0.338. The van der Waals surface area contributed by atoms with Gasteiger partial charge in [0.25, 0.3) is 5.91 Å². The predicted octanol–water partition coefficient (Wildman–Crippen LogP) is 3.12. The molecule has 0 unspecified atom stereocenters. The van der Waals surface area contributed by atoms with Gasteiger partial charge in [-0.25, -0.2) is 4.39 Å². The number of aliphatic hydroxyl groups is 1. The van der Waals surface area contributed by atoms with Crippen LogP contribution in [0.2, 0.25) is 0 Å². The van der Waals surface area contributed by atoms with Gasteiger partial charge in [-0.1, -0.05) is 19.9 Å². The molecule has 1 amide bonds. The van der Waals surface area contributed by atoms with Gasteiger partial charge in [-0.15, -0.1) is 0 Å². The highest BCUT2D eigenvalue weighted by Gasteiger charge is 2.26. The van der Waals surface area contributed by atoms with Crippen LogP contribution < -0.4 is 5.32 Å². The number of benzene rings is 1. The van der Waals surface area contributed by atoms with Crippen molar-refractivity contribution in [2.24, 2.45) is 5.41 Å². The zero-order valence-electron chi connectivity index (χ0n) is 11.2. The van der Waals surface area contributed by atoms with Crippen LogP contribution in [-0.4, -0.2) is 24.2 Å². The summed E-state index contributed by atoms with van der Waals surface area (Å²) in [5.74, 6) is -1.03. The lowest BCUT2D eigenvalue weighted by Gasteiger charge is -2.29. The van der Waals surface area contributed by atoms with E-state index in [0.29, 0.717) is 11.0 Å². The van der Waals surface area contributed by atoms with Crippen LogP contribution in [0.25, 0.3) is 0 Å². The molecule has 0 saturated carbocycles. The molecular weight excluding hydrogens is 313 g/mol. The minimum Gasteiger partial charge on any atom is -0.396 e. The van der Waals surface area contributed by atoms with Gasteiger partial charge in [0.15, 0.2) is 0 Å². The number of amides is 1. The Hall–Kier alpha value is -0.940. The van der Waals surface area contributed by atoms with E-state index in [2.05, 4.69) is 21.2 Å². The van der Waals surface area contributed by atoms with Gasteiger partial charge in [0.2, 0.25) is 0 Å². The number of halogens is 2. The van der Waals surface area contributed by atoms with E-state index in [-0.39, 0.29) is 17.6 Å². The molecule has 0 aliphatic heterocycles. The van der Waals surface area contributed by atoms with Gasteiger partial charge in [-0.05, 0) is 40.9 Å². The fourth-order valence-corrected chi connectivity index (χ4v) is 2.37. The Kier molecular flexibility index (Phi) is 5.94. The number of hydrogen-bond acceptors (Lipinski definition) is 2. The molecule has 0 bridgehead atoms.